The summed E-state index contributed by atoms with van der Waals surface area (Å²) in [5.74, 6) is 0.464. The molecule has 1 aliphatic heterocycles. The number of hydrogen-bond acceptors (Lipinski definition) is 4. The molecule has 3 rings (SSSR count). The molecule has 1 aromatic carbocycles. The molecule has 1 amide bonds. The maximum absolute atomic E-state index is 12.7. The van der Waals surface area contributed by atoms with Gasteiger partial charge in [0.25, 0.3) is 5.91 Å². The van der Waals surface area contributed by atoms with Crippen molar-refractivity contribution in [3.05, 3.63) is 47.3 Å². The Bertz CT molecular complexity index is 721. The van der Waals surface area contributed by atoms with E-state index in [2.05, 4.69) is 28.3 Å². The molecule has 1 N–H and O–H groups in total. The Balaban J connectivity index is 1.77. The Labute approximate surface area is 143 Å². The van der Waals surface area contributed by atoms with Gasteiger partial charge in [-0.05, 0) is 44.4 Å². The SMILES string of the molecule is Cc1ccc(Nc2nccc(C(=O)N3CCCCCC3)n2)c(C)c1. The third-order valence-electron chi connectivity index (χ3n) is 4.40. The Morgan fingerprint density at radius 2 is 1.83 bits per heavy atom. The van der Waals surface area contributed by atoms with Gasteiger partial charge in [0.05, 0.1) is 0 Å². The minimum atomic E-state index is 0.00276. The van der Waals surface area contributed by atoms with Crippen molar-refractivity contribution in [2.45, 2.75) is 39.5 Å². The first-order valence-corrected chi connectivity index (χ1v) is 8.60. The molecule has 1 saturated heterocycles. The van der Waals surface area contributed by atoms with Crippen molar-refractivity contribution in [2.75, 3.05) is 18.4 Å². The van der Waals surface area contributed by atoms with Crippen LogP contribution in [-0.4, -0.2) is 33.9 Å². The summed E-state index contributed by atoms with van der Waals surface area (Å²) >= 11 is 0. The Hall–Kier alpha value is -2.43. The van der Waals surface area contributed by atoms with E-state index >= 15 is 0 Å². The number of aryl methyl sites for hydroxylation is 2. The highest BCUT2D eigenvalue weighted by molar-refractivity contribution is 5.92. The van der Waals surface area contributed by atoms with Crippen LogP contribution in [0.25, 0.3) is 0 Å². The number of rotatable bonds is 3. The molecule has 0 saturated carbocycles. The number of carbonyl (C=O) groups is 1. The number of carbonyl (C=O) groups excluding carboxylic acids is 1. The van der Waals surface area contributed by atoms with Crippen LogP contribution < -0.4 is 5.32 Å². The van der Waals surface area contributed by atoms with Gasteiger partial charge in [0, 0.05) is 25.0 Å². The van der Waals surface area contributed by atoms with E-state index in [0.717, 1.165) is 37.2 Å². The lowest BCUT2D eigenvalue weighted by Gasteiger charge is -2.19. The summed E-state index contributed by atoms with van der Waals surface area (Å²) in [4.78, 5) is 23.3. The summed E-state index contributed by atoms with van der Waals surface area (Å²) in [6, 6.07) is 7.86. The van der Waals surface area contributed by atoms with Crippen LogP contribution in [0.3, 0.4) is 0 Å². The van der Waals surface area contributed by atoms with Crippen LogP contribution in [0, 0.1) is 13.8 Å². The summed E-state index contributed by atoms with van der Waals surface area (Å²) in [6.07, 6.45) is 6.19. The van der Waals surface area contributed by atoms with Gasteiger partial charge in [-0.1, -0.05) is 30.5 Å². The first-order valence-electron chi connectivity index (χ1n) is 8.60. The predicted octanol–water partition coefficient (Wildman–Crippen LogP) is 3.85. The van der Waals surface area contributed by atoms with E-state index in [1.165, 1.54) is 18.4 Å². The quantitative estimate of drug-likeness (QED) is 0.931. The van der Waals surface area contributed by atoms with Crippen molar-refractivity contribution < 1.29 is 4.79 Å². The summed E-state index contributed by atoms with van der Waals surface area (Å²) in [6.45, 7) is 5.75. The van der Waals surface area contributed by atoms with Crippen molar-refractivity contribution in [3.8, 4) is 0 Å². The van der Waals surface area contributed by atoms with Crippen LogP contribution in [0.1, 0.15) is 47.3 Å². The molecule has 1 aromatic heterocycles. The first-order chi connectivity index (χ1) is 11.6. The van der Waals surface area contributed by atoms with Crippen LogP contribution in [0.4, 0.5) is 11.6 Å². The number of aromatic nitrogens is 2. The number of benzene rings is 1. The van der Waals surface area contributed by atoms with E-state index in [1.807, 2.05) is 24.0 Å². The largest absolute Gasteiger partial charge is 0.337 e. The second-order valence-corrected chi connectivity index (χ2v) is 6.42. The smallest absolute Gasteiger partial charge is 0.272 e. The van der Waals surface area contributed by atoms with E-state index < -0.39 is 0 Å². The fourth-order valence-corrected chi connectivity index (χ4v) is 3.05. The minimum absolute atomic E-state index is 0.00276. The molecule has 0 spiro atoms. The van der Waals surface area contributed by atoms with Gasteiger partial charge in [0.2, 0.25) is 5.95 Å². The summed E-state index contributed by atoms with van der Waals surface area (Å²) in [5, 5.41) is 3.22. The molecule has 5 nitrogen and oxygen atoms in total. The highest BCUT2D eigenvalue weighted by Crippen LogP contribution is 2.20. The molecule has 0 aliphatic carbocycles. The van der Waals surface area contributed by atoms with Crippen molar-refractivity contribution in [1.82, 2.24) is 14.9 Å². The number of hydrogen-bond donors (Lipinski definition) is 1. The normalized spacial score (nSPS) is 15.0. The summed E-state index contributed by atoms with van der Waals surface area (Å²) < 4.78 is 0. The number of amides is 1. The molecule has 2 heterocycles. The fraction of sp³-hybridized carbons (Fsp3) is 0.421. The maximum atomic E-state index is 12.7. The van der Waals surface area contributed by atoms with Gasteiger partial charge in [-0.15, -0.1) is 0 Å². The van der Waals surface area contributed by atoms with Gasteiger partial charge < -0.3 is 10.2 Å². The van der Waals surface area contributed by atoms with E-state index in [4.69, 9.17) is 0 Å². The minimum Gasteiger partial charge on any atom is -0.337 e. The van der Waals surface area contributed by atoms with Gasteiger partial charge in [0.1, 0.15) is 5.69 Å². The molecule has 126 valence electrons. The lowest BCUT2D eigenvalue weighted by Crippen LogP contribution is -2.32. The summed E-state index contributed by atoms with van der Waals surface area (Å²) in [7, 11) is 0. The van der Waals surface area contributed by atoms with Crippen molar-refractivity contribution in [2.24, 2.45) is 0 Å². The van der Waals surface area contributed by atoms with Gasteiger partial charge in [-0.2, -0.15) is 0 Å². The van der Waals surface area contributed by atoms with Crippen molar-refractivity contribution >= 4 is 17.5 Å². The average molecular weight is 324 g/mol. The van der Waals surface area contributed by atoms with Crippen LogP contribution in [-0.2, 0) is 0 Å². The first kappa shape index (κ1) is 16.4. The lowest BCUT2D eigenvalue weighted by molar-refractivity contribution is 0.0755. The molecule has 0 radical (unpaired) electrons. The average Bonchev–Trinajstić information content (AvgIpc) is 2.86. The highest BCUT2D eigenvalue weighted by atomic mass is 16.2. The van der Waals surface area contributed by atoms with E-state index in [1.54, 1.807) is 12.3 Å². The monoisotopic (exact) mass is 324 g/mol. The predicted molar refractivity (Wildman–Crippen MR) is 95.6 cm³/mol. The molecule has 0 bridgehead atoms. The Kier molecular flexibility index (Phi) is 5.08. The topological polar surface area (TPSA) is 58.1 Å². The number of anilines is 2. The van der Waals surface area contributed by atoms with Gasteiger partial charge >= 0.3 is 0 Å². The zero-order chi connectivity index (χ0) is 16.9. The molecular weight excluding hydrogens is 300 g/mol. The molecule has 1 fully saturated rings. The van der Waals surface area contributed by atoms with E-state index in [-0.39, 0.29) is 5.91 Å². The zero-order valence-electron chi connectivity index (χ0n) is 14.4. The molecule has 0 atom stereocenters. The van der Waals surface area contributed by atoms with Crippen LogP contribution in [0.5, 0.6) is 0 Å². The summed E-state index contributed by atoms with van der Waals surface area (Å²) in [5.41, 5.74) is 3.76. The maximum Gasteiger partial charge on any atom is 0.272 e. The Morgan fingerprint density at radius 3 is 2.54 bits per heavy atom. The van der Waals surface area contributed by atoms with Crippen LogP contribution in [0.2, 0.25) is 0 Å². The third-order valence-corrected chi connectivity index (χ3v) is 4.40. The van der Waals surface area contributed by atoms with Crippen LogP contribution >= 0.6 is 0 Å². The Morgan fingerprint density at radius 1 is 1.08 bits per heavy atom. The third kappa shape index (κ3) is 3.91. The number of nitrogens with zero attached hydrogens (tertiary/aromatic N) is 3. The molecule has 1 aliphatic rings. The van der Waals surface area contributed by atoms with E-state index in [0.29, 0.717) is 11.6 Å². The molecule has 5 heteroatoms. The van der Waals surface area contributed by atoms with Crippen molar-refractivity contribution in [1.29, 1.82) is 0 Å². The van der Waals surface area contributed by atoms with Gasteiger partial charge in [-0.3, -0.25) is 4.79 Å². The van der Waals surface area contributed by atoms with E-state index in [9.17, 15) is 4.79 Å². The molecule has 24 heavy (non-hydrogen) atoms. The van der Waals surface area contributed by atoms with Gasteiger partial charge in [-0.25, -0.2) is 9.97 Å². The number of likely N-dealkylation sites (tertiary alicyclic amines) is 1. The highest BCUT2D eigenvalue weighted by Gasteiger charge is 2.19. The number of nitrogens with one attached hydrogen (secondary N) is 1. The standard InChI is InChI=1S/C19H24N4O/c1-14-7-8-16(15(2)13-14)21-19-20-10-9-17(22-19)18(24)23-11-5-3-4-6-12-23/h7-10,13H,3-6,11-12H2,1-2H3,(H,20,21,22). The van der Waals surface area contributed by atoms with Crippen LogP contribution in [0.15, 0.2) is 30.5 Å². The second-order valence-electron chi connectivity index (χ2n) is 6.42. The van der Waals surface area contributed by atoms with Crippen molar-refractivity contribution in [3.63, 3.8) is 0 Å². The fourth-order valence-electron chi connectivity index (χ4n) is 3.05. The second kappa shape index (κ2) is 7.43. The molecular formula is C19H24N4O. The molecule has 0 unspecified atom stereocenters. The van der Waals surface area contributed by atoms with Gasteiger partial charge in [0.15, 0.2) is 0 Å². The molecule has 2 aromatic rings. The zero-order valence-corrected chi connectivity index (χ0v) is 14.4. The lowest BCUT2D eigenvalue weighted by atomic mass is 10.1.